The van der Waals surface area contributed by atoms with E-state index in [1.807, 2.05) is 13.8 Å². The van der Waals surface area contributed by atoms with Crippen molar-refractivity contribution in [1.82, 2.24) is 20.2 Å². The van der Waals surface area contributed by atoms with Crippen LogP contribution >= 0.6 is 0 Å². The molecule has 1 aromatic carbocycles. The van der Waals surface area contributed by atoms with Crippen LogP contribution in [-0.2, 0) is 20.9 Å². The number of benzene rings is 1. The molecule has 0 unspecified atom stereocenters. The number of ketones is 1. The Bertz CT molecular complexity index is 725. The zero-order valence-electron chi connectivity index (χ0n) is 14.0. The highest BCUT2D eigenvalue weighted by Crippen LogP contribution is 2.12. The number of esters is 1. The summed E-state index contributed by atoms with van der Waals surface area (Å²) in [6.45, 7) is 3.38. The van der Waals surface area contributed by atoms with E-state index in [-0.39, 0.29) is 30.8 Å². The van der Waals surface area contributed by atoms with Gasteiger partial charge in [0.2, 0.25) is 5.91 Å². The third-order valence-corrected chi connectivity index (χ3v) is 3.13. The number of rotatable bonds is 8. The largest absolute Gasteiger partial charge is 0.456 e. The maximum atomic E-state index is 12.0. The summed E-state index contributed by atoms with van der Waals surface area (Å²) < 4.78 is 6.09. The fraction of sp³-hybridized carbons (Fsp3) is 0.375. The van der Waals surface area contributed by atoms with E-state index < -0.39 is 5.97 Å². The standard InChI is InChI=1S/C16H19N5O4/c1-11(2)7-15(23)18-13-5-3-12(4-6-13)14(22)9-25-16(24)8-21-10-17-19-20-21/h3-6,10-11H,7-9H2,1-2H3,(H,18,23). The SMILES string of the molecule is CC(C)CC(=O)Nc1ccc(C(=O)COC(=O)Cn2cnnn2)cc1. The quantitative estimate of drug-likeness (QED) is 0.562. The topological polar surface area (TPSA) is 116 Å². The maximum absolute atomic E-state index is 12.0. The van der Waals surface area contributed by atoms with Crippen molar-refractivity contribution >= 4 is 23.3 Å². The van der Waals surface area contributed by atoms with Crippen molar-refractivity contribution in [1.29, 1.82) is 0 Å². The van der Waals surface area contributed by atoms with E-state index >= 15 is 0 Å². The second-order valence-electron chi connectivity index (χ2n) is 5.81. The van der Waals surface area contributed by atoms with E-state index in [2.05, 4.69) is 20.8 Å². The van der Waals surface area contributed by atoms with Gasteiger partial charge in [-0.3, -0.25) is 14.4 Å². The normalized spacial score (nSPS) is 10.5. The number of nitrogens with zero attached hydrogens (tertiary/aromatic N) is 4. The second-order valence-corrected chi connectivity index (χ2v) is 5.81. The molecule has 0 saturated heterocycles. The average Bonchev–Trinajstić information content (AvgIpc) is 3.05. The van der Waals surface area contributed by atoms with E-state index in [1.54, 1.807) is 24.3 Å². The number of tetrazole rings is 1. The molecule has 0 spiro atoms. The molecule has 0 bridgehead atoms. The van der Waals surface area contributed by atoms with Gasteiger partial charge in [-0.25, -0.2) is 4.68 Å². The van der Waals surface area contributed by atoms with Gasteiger partial charge in [0, 0.05) is 17.7 Å². The van der Waals surface area contributed by atoms with Crippen molar-refractivity contribution in [2.45, 2.75) is 26.8 Å². The molecule has 9 nitrogen and oxygen atoms in total. The Labute approximate surface area is 144 Å². The molecular formula is C16H19N5O4. The molecule has 25 heavy (non-hydrogen) atoms. The number of hydrogen-bond acceptors (Lipinski definition) is 7. The van der Waals surface area contributed by atoms with Crippen LogP contribution in [-0.4, -0.2) is 44.5 Å². The molecule has 1 amide bonds. The van der Waals surface area contributed by atoms with Crippen LogP contribution in [0.15, 0.2) is 30.6 Å². The summed E-state index contributed by atoms with van der Waals surface area (Å²) in [7, 11) is 0. The van der Waals surface area contributed by atoms with Gasteiger partial charge in [-0.1, -0.05) is 13.8 Å². The first-order valence-electron chi connectivity index (χ1n) is 7.73. The second kappa shape index (κ2) is 8.67. The van der Waals surface area contributed by atoms with Gasteiger partial charge in [-0.15, -0.1) is 5.10 Å². The van der Waals surface area contributed by atoms with E-state index in [4.69, 9.17) is 4.74 Å². The Hall–Kier alpha value is -3.10. The van der Waals surface area contributed by atoms with Gasteiger partial charge < -0.3 is 10.1 Å². The third kappa shape index (κ3) is 6.13. The molecule has 0 aliphatic rings. The maximum Gasteiger partial charge on any atom is 0.328 e. The molecule has 1 N–H and O–H groups in total. The van der Waals surface area contributed by atoms with E-state index in [1.165, 1.54) is 11.0 Å². The monoisotopic (exact) mass is 345 g/mol. The van der Waals surface area contributed by atoms with Gasteiger partial charge in [0.05, 0.1) is 0 Å². The smallest absolute Gasteiger partial charge is 0.328 e. The van der Waals surface area contributed by atoms with Gasteiger partial charge >= 0.3 is 5.97 Å². The molecule has 0 radical (unpaired) electrons. The molecule has 2 aromatic rings. The Kier molecular flexibility index (Phi) is 6.33. The lowest BCUT2D eigenvalue weighted by atomic mass is 10.1. The molecule has 0 fully saturated rings. The summed E-state index contributed by atoms with van der Waals surface area (Å²) >= 11 is 0. The lowest BCUT2D eigenvalue weighted by molar-refractivity contribution is -0.143. The van der Waals surface area contributed by atoms with Gasteiger partial charge in [-0.05, 0) is 40.6 Å². The highest BCUT2D eigenvalue weighted by Gasteiger charge is 2.12. The first kappa shape index (κ1) is 18.2. The minimum Gasteiger partial charge on any atom is -0.456 e. The Balaban J connectivity index is 1.81. The van der Waals surface area contributed by atoms with Crippen LogP contribution in [0.4, 0.5) is 5.69 Å². The zero-order valence-corrected chi connectivity index (χ0v) is 14.0. The molecular weight excluding hydrogens is 326 g/mol. The summed E-state index contributed by atoms with van der Waals surface area (Å²) in [4.78, 5) is 35.3. The van der Waals surface area contributed by atoms with Crippen LogP contribution in [0.1, 0.15) is 30.6 Å². The molecule has 132 valence electrons. The number of aromatic nitrogens is 4. The van der Waals surface area contributed by atoms with Gasteiger partial charge in [-0.2, -0.15) is 0 Å². The predicted molar refractivity (Wildman–Crippen MR) is 87.6 cm³/mol. The van der Waals surface area contributed by atoms with Crippen molar-refractivity contribution in [2.75, 3.05) is 11.9 Å². The summed E-state index contributed by atoms with van der Waals surface area (Å²) in [5.74, 6) is -0.766. The number of Topliss-reactive ketones (excluding diaryl/α,β-unsaturated/α-hetero) is 1. The van der Waals surface area contributed by atoms with Crippen LogP contribution in [0.25, 0.3) is 0 Å². The van der Waals surface area contributed by atoms with Crippen molar-refractivity contribution < 1.29 is 19.1 Å². The average molecular weight is 345 g/mol. The van der Waals surface area contributed by atoms with Crippen LogP contribution in [0.3, 0.4) is 0 Å². The Morgan fingerprint density at radius 2 is 1.92 bits per heavy atom. The van der Waals surface area contributed by atoms with Crippen molar-refractivity contribution in [3.05, 3.63) is 36.2 Å². The Morgan fingerprint density at radius 1 is 1.20 bits per heavy atom. The molecule has 9 heteroatoms. The number of anilines is 1. The van der Waals surface area contributed by atoms with Crippen molar-refractivity contribution in [2.24, 2.45) is 5.92 Å². The number of nitrogens with one attached hydrogen (secondary N) is 1. The van der Waals surface area contributed by atoms with Crippen LogP contribution < -0.4 is 5.32 Å². The minimum atomic E-state index is -0.613. The first-order chi connectivity index (χ1) is 11.9. The fourth-order valence-corrected chi connectivity index (χ4v) is 1.98. The zero-order chi connectivity index (χ0) is 18.2. The van der Waals surface area contributed by atoms with Crippen LogP contribution in [0.2, 0.25) is 0 Å². The summed E-state index contributed by atoms with van der Waals surface area (Å²) in [6, 6.07) is 6.41. The van der Waals surface area contributed by atoms with E-state index in [9.17, 15) is 14.4 Å². The summed E-state index contributed by atoms with van der Waals surface area (Å²) in [5, 5.41) is 13.1. The fourth-order valence-electron chi connectivity index (χ4n) is 1.98. The highest BCUT2D eigenvalue weighted by atomic mass is 16.5. The molecule has 0 atom stereocenters. The number of amides is 1. The summed E-state index contributed by atoms with van der Waals surface area (Å²) in [6.07, 6.45) is 1.70. The lowest BCUT2D eigenvalue weighted by Gasteiger charge is -2.08. The van der Waals surface area contributed by atoms with Crippen molar-refractivity contribution in [3.8, 4) is 0 Å². The van der Waals surface area contributed by atoms with Crippen LogP contribution in [0.5, 0.6) is 0 Å². The molecule has 1 aromatic heterocycles. The molecule has 0 aliphatic heterocycles. The number of carbonyl (C=O) groups excluding carboxylic acids is 3. The summed E-state index contributed by atoms with van der Waals surface area (Å²) in [5.41, 5.74) is 0.995. The number of ether oxygens (including phenoxy) is 1. The van der Waals surface area contributed by atoms with Gasteiger partial charge in [0.15, 0.2) is 12.4 Å². The van der Waals surface area contributed by atoms with Crippen LogP contribution in [0, 0.1) is 5.92 Å². The predicted octanol–water partition coefficient (Wildman–Crippen LogP) is 1.08. The molecule has 2 rings (SSSR count). The van der Waals surface area contributed by atoms with E-state index in [0.717, 1.165) is 0 Å². The van der Waals surface area contributed by atoms with E-state index in [0.29, 0.717) is 17.7 Å². The first-order valence-corrected chi connectivity index (χ1v) is 7.73. The third-order valence-electron chi connectivity index (χ3n) is 3.13. The molecule has 0 aliphatic carbocycles. The molecule has 1 heterocycles. The highest BCUT2D eigenvalue weighted by molar-refractivity contribution is 5.98. The van der Waals surface area contributed by atoms with Gasteiger partial charge in [0.1, 0.15) is 12.9 Å². The molecule has 0 saturated carbocycles. The Morgan fingerprint density at radius 3 is 2.52 bits per heavy atom. The number of hydrogen-bond donors (Lipinski definition) is 1. The van der Waals surface area contributed by atoms with Crippen molar-refractivity contribution in [3.63, 3.8) is 0 Å². The lowest BCUT2D eigenvalue weighted by Crippen LogP contribution is -2.19. The minimum absolute atomic E-state index is 0.0781. The van der Waals surface area contributed by atoms with Gasteiger partial charge in [0.25, 0.3) is 0 Å². The number of carbonyl (C=O) groups is 3.